The number of benzene rings is 1. The van der Waals surface area contributed by atoms with E-state index in [1.807, 2.05) is 19.1 Å². The van der Waals surface area contributed by atoms with Crippen LogP contribution in [-0.2, 0) is 0 Å². The number of amides is 1. The molecule has 0 bridgehead atoms. The molecule has 1 aliphatic carbocycles. The van der Waals surface area contributed by atoms with Gasteiger partial charge in [-0.2, -0.15) is 0 Å². The normalized spacial score (nSPS) is 25.7. The molecule has 1 aromatic rings. The Balaban J connectivity index is 2.13. The number of nitrogen functional groups attached to an aromatic ring is 1. The van der Waals surface area contributed by atoms with Gasteiger partial charge in [0.2, 0.25) is 0 Å². The molecule has 1 aliphatic rings. The Labute approximate surface area is 129 Å². The minimum atomic E-state index is -0.0101. The Morgan fingerprint density at radius 1 is 1.45 bits per heavy atom. The number of hydrogen-bond donors (Lipinski definition) is 2. The largest absolute Gasteiger partial charge is 0.398 e. The summed E-state index contributed by atoms with van der Waals surface area (Å²) in [5, 5.41) is 3.19. The zero-order chi connectivity index (χ0) is 14.9. The summed E-state index contributed by atoms with van der Waals surface area (Å²) >= 11 is 3.40. The van der Waals surface area contributed by atoms with E-state index in [1.54, 1.807) is 0 Å². The molecule has 0 saturated heterocycles. The standard InChI is InChI=1S/C16H23BrN2O/c1-4-11-5-6-15(9(11)2)19-16(20)13-7-12(17)8-14(18)10(13)3/h7-9,11,15H,4-6,18H2,1-3H3,(H,19,20). The van der Waals surface area contributed by atoms with Crippen LogP contribution in [0.3, 0.4) is 0 Å². The molecule has 0 aliphatic heterocycles. The fraction of sp³-hybridized carbons (Fsp3) is 0.562. The average Bonchev–Trinajstić information content (AvgIpc) is 2.74. The highest BCUT2D eigenvalue weighted by Crippen LogP contribution is 2.34. The lowest BCUT2D eigenvalue weighted by atomic mass is 9.93. The Morgan fingerprint density at radius 3 is 2.75 bits per heavy atom. The number of hydrogen-bond acceptors (Lipinski definition) is 2. The third-order valence-corrected chi connectivity index (χ3v) is 5.18. The van der Waals surface area contributed by atoms with E-state index in [0.29, 0.717) is 17.2 Å². The highest BCUT2D eigenvalue weighted by atomic mass is 79.9. The van der Waals surface area contributed by atoms with Gasteiger partial charge in [-0.15, -0.1) is 0 Å². The Kier molecular flexibility index (Phi) is 4.74. The second-order valence-electron chi connectivity index (χ2n) is 5.85. The molecule has 3 unspecified atom stereocenters. The van der Waals surface area contributed by atoms with Crippen molar-refractivity contribution in [2.24, 2.45) is 11.8 Å². The SMILES string of the molecule is CCC1CCC(NC(=O)c2cc(Br)cc(N)c2C)C1C. The first-order valence-corrected chi connectivity index (χ1v) is 8.09. The van der Waals surface area contributed by atoms with Crippen LogP contribution in [0.5, 0.6) is 0 Å². The van der Waals surface area contributed by atoms with Crippen molar-refractivity contribution in [1.29, 1.82) is 0 Å². The van der Waals surface area contributed by atoms with Crippen molar-refractivity contribution >= 4 is 27.5 Å². The Hall–Kier alpha value is -1.03. The summed E-state index contributed by atoms with van der Waals surface area (Å²) in [6.07, 6.45) is 3.48. The molecule has 20 heavy (non-hydrogen) atoms. The summed E-state index contributed by atoms with van der Waals surface area (Å²) in [5.41, 5.74) is 8.10. The van der Waals surface area contributed by atoms with Gasteiger partial charge in [-0.3, -0.25) is 4.79 Å². The van der Waals surface area contributed by atoms with Crippen molar-refractivity contribution in [3.63, 3.8) is 0 Å². The summed E-state index contributed by atoms with van der Waals surface area (Å²) in [6, 6.07) is 3.96. The molecule has 110 valence electrons. The van der Waals surface area contributed by atoms with E-state index in [-0.39, 0.29) is 11.9 Å². The van der Waals surface area contributed by atoms with Crippen LogP contribution in [0.2, 0.25) is 0 Å². The van der Waals surface area contributed by atoms with Gasteiger partial charge >= 0.3 is 0 Å². The number of nitrogens with one attached hydrogen (secondary N) is 1. The molecule has 3 atom stereocenters. The number of halogens is 1. The molecule has 1 amide bonds. The lowest BCUT2D eigenvalue weighted by Crippen LogP contribution is -2.37. The number of nitrogens with two attached hydrogens (primary N) is 1. The summed E-state index contributed by atoms with van der Waals surface area (Å²) < 4.78 is 0.844. The zero-order valence-electron chi connectivity index (χ0n) is 12.4. The second-order valence-corrected chi connectivity index (χ2v) is 6.77. The molecule has 0 spiro atoms. The van der Waals surface area contributed by atoms with Crippen LogP contribution in [-0.4, -0.2) is 11.9 Å². The van der Waals surface area contributed by atoms with Gasteiger partial charge in [0.15, 0.2) is 0 Å². The Morgan fingerprint density at radius 2 is 2.15 bits per heavy atom. The van der Waals surface area contributed by atoms with Gasteiger partial charge in [-0.05, 0) is 49.3 Å². The van der Waals surface area contributed by atoms with E-state index in [9.17, 15) is 4.79 Å². The van der Waals surface area contributed by atoms with Crippen molar-refractivity contribution in [3.05, 3.63) is 27.7 Å². The molecule has 3 N–H and O–H groups in total. The third-order valence-electron chi connectivity index (χ3n) is 4.72. The van der Waals surface area contributed by atoms with E-state index in [1.165, 1.54) is 12.8 Å². The first kappa shape index (κ1) is 15.4. The van der Waals surface area contributed by atoms with Gasteiger partial charge in [0.25, 0.3) is 5.91 Å². The van der Waals surface area contributed by atoms with Crippen LogP contribution < -0.4 is 11.1 Å². The van der Waals surface area contributed by atoms with Gasteiger partial charge in [0, 0.05) is 21.8 Å². The van der Waals surface area contributed by atoms with Crippen LogP contribution in [0.15, 0.2) is 16.6 Å². The fourth-order valence-corrected chi connectivity index (χ4v) is 3.69. The maximum Gasteiger partial charge on any atom is 0.251 e. The minimum absolute atomic E-state index is 0.0101. The minimum Gasteiger partial charge on any atom is -0.398 e. The first-order chi connectivity index (χ1) is 9.43. The van der Waals surface area contributed by atoms with Crippen molar-refractivity contribution in [2.75, 3.05) is 5.73 Å². The van der Waals surface area contributed by atoms with Crippen LogP contribution >= 0.6 is 15.9 Å². The number of anilines is 1. The first-order valence-electron chi connectivity index (χ1n) is 7.30. The monoisotopic (exact) mass is 338 g/mol. The van der Waals surface area contributed by atoms with Crippen LogP contribution in [0.1, 0.15) is 49.0 Å². The van der Waals surface area contributed by atoms with Gasteiger partial charge < -0.3 is 11.1 Å². The van der Waals surface area contributed by atoms with E-state index >= 15 is 0 Å². The van der Waals surface area contributed by atoms with Crippen molar-refractivity contribution in [1.82, 2.24) is 5.32 Å². The maximum atomic E-state index is 12.5. The molecule has 0 aromatic heterocycles. The number of rotatable bonds is 3. The van der Waals surface area contributed by atoms with Gasteiger partial charge in [0.05, 0.1) is 0 Å². The summed E-state index contributed by atoms with van der Waals surface area (Å²) in [6.45, 7) is 6.36. The van der Waals surface area contributed by atoms with Gasteiger partial charge in [0.1, 0.15) is 0 Å². The Bertz CT molecular complexity index is 515. The number of carbonyl (C=O) groups excluding carboxylic acids is 1. The highest BCUT2D eigenvalue weighted by Gasteiger charge is 2.32. The predicted molar refractivity (Wildman–Crippen MR) is 86.7 cm³/mol. The quantitative estimate of drug-likeness (QED) is 0.821. The molecule has 4 heteroatoms. The number of carbonyl (C=O) groups is 1. The molecule has 3 nitrogen and oxygen atoms in total. The maximum absolute atomic E-state index is 12.5. The van der Waals surface area contributed by atoms with Gasteiger partial charge in [-0.25, -0.2) is 0 Å². The van der Waals surface area contributed by atoms with E-state index in [2.05, 4.69) is 35.1 Å². The van der Waals surface area contributed by atoms with Crippen molar-refractivity contribution in [3.8, 4) is 0 Å². The molecule has 0 heterocycles. The van der Waals surface area contributed by atoms with Crippen molar-refractivity contribution < 1.29 is 4.79 Å². The molecule has 1 aromatic carbocycles. The molecule has 1 saturated carbocycles. The lowest BCUT2D eigenvalue weighted by Gasteiger charge is -2.21. The second kappa shape index (κ2) is 6.17. The smallest absolute Gasteiger partial charge is 0.251 e. The lowest BCUT2D eigenvalue weighted by molar-refractivity contribution is 0.0926. The van der Waals surface area contributed by atoms with Crippen LogP contribution in [0, 0.1) is 18.8 Å². The van der Waals surface area contributed by atoms with Crippen LogP contribution in [0.4, 0.5) is 5.69 Å². The molecular formula is C16H23BrN2O. The molecular weight excluding hydrogens is 316 g/mol. The fourth-order valence-electron chi connectivity index (χ4n) is 3.21. The highest BCUT2D eigenvalue weighted by molar-refractivity contribution is 9.10. The summed E-state index contributed by atoms with van der Waals surface area (Å²) in [4.78, 5) is 12.5. The predicted octanol–water partition coefficient (Wildman–Crippen LogP) is 3.89. The summed E-state index contributed by atoms with van der Waals surface area (Å²) in [7, 11) is 0. The molecule has 0 radical (unpaired) electrons. The zero-order valence-corrected chi connectivity index (χ0v) is 14.0. The van der Waals surface area contributed by atoms with E-state index in [0.717, 1.165) is 22.4 Å². The van der Waals surface area contributed by atoms with Crippen LogP contribution in [0.25, 0.3) is 0 Å². The summed E-state index contributed by atoms with van der Waals surface area (Å²) in [5.74, 6) is 1.27. The third kappa shape index (κ3) is 3.00. The average molecular weight is 339 g/mol. The van der Waals surface area contributed by atoms with E-state index in [4.69, 9.17) is 5.73 Å². The van der Waals surface area contributed by atoms with E-state index < -0.39 is 0 Å². The van der Waals surface area contributed by atoms with Gasteiger partial charge in [-0.1, -0.05) is 36.2 Å². The van der Waals surface area contributed by atoms with Crippen molar-refractivity contribution in [2.45, 2.75) is 46.1 Å². The topological polar surface area (TPSA) is 55.1 Å². The molecule has 2 rings (SSSR count). The molecule has 1 fully saturated rings.